The van der Waals surface area contributed by atoms with Gasteiger partial charge in [-0.15, -0.1) is 0 Å². The number of nitrogens with one attached hydrogen (secondary N) is 2. The summed E-state index contributed by atoms with van der Waals surface area (Å²) in [6.45, 7) is 7.08. The molecule has 5 heteroatoms. The number of rotatable bonds is 8. The Morgan fingerprint density at radius 2 is 1.82 bits per heavy atom. The molecule has 17 heavy (non-hydrogen) atoms. The number of amides is 2. The average Bonchev–Trinajstić information content (AvgIpc) is 2.33. The van der Waals surface area contributed by atoms with Crippen molar-refractivity contribution in [3.8, 4) is 0 Å². The molecule has 0 aliphatic rings. The van der Waals surface area contributed by atoms with Gasteiger partial charge < -0.3 is 15.4 Å². The molecule has 0 aliphatic heterocycles. The number of urea groups is 1. The van der Waals surface area contributed by atoms with Crippen LogP contribution in [0.2, 0.25) is 0 Å². The summed E-state index contributed by atoms with van der Waals surface area (Å²) < 4.78 is 4.99. The van der Waals surface area contributed by atoms with Crippen LogP contribution in [-0.4, -0.2) is 31.7 Å². The van der Waals surface area contributed by atoms with Crippen molar-refractivity contribution in [2.45, 2.75) is 40.0 Å². The molecule has 2 N–H and O–H groups in total. The molecule has 1 unspecified atom stereocenters. The summed E-state index contributed by atoms with van der Waals surface area (Å²) >= 11 is 0. The van der Waals surface area contributed by atoms with Gasteiger partial charge in [0.05, 0.1) is 12.5 Å². The third-order valence-electron chi connectivity index (χ3n) is 2.46. The minimum atomic E-state index is -0.210. The monoisotopic (exact) mass is 244 g/mol. The van der Waals surface area contributed by atoms with E-state index in [4.69, 9.17) is 4.74 Å². The number of hydrogen-bond acceptors (Lipinski definition) is 3. The second-order valence-electron chi connectivity index (χ2n) is 4.01. The molecule has 0 aromatic carbocycles. The molecule has 2 amide bonds. The molecule has 100 valence electrons. The van der Waals surface area contributed by atoms with Crippen LogP contribution in [0.1, 0.15) is 40.0 Å². The lowest BCUT2D eigenvalue weighted by atomic mass is 10.1. The molecule has 0 saturated heterocycles. The van der Waals surface area contributed by atoms with Crippen molar-refractivity contribution in [3.63, 3.8) is 0 Å². The van der Waals surface area contributed by atoms with E-state index in [0.717, 1.165) is 19.3 Å². The number of esters is 1. The van der Waals surface area contributed by atoms with Crippen molar-refractivity contribution in [1.29, 1.82) is 0 Å². The van der Waals surface area contributed by atoms with Crippen molar-refractivity contribution in [3.05, 3.63) is 0 Å². The fourth-order valence-corrected chi connectivity index (χ4v) is 1.07. The first-order valence-electron chi connectivity index (χ1n) is 6.30. The van der Waals surface area contributed by atoms with Crippen LogP contribution in [0.4, 0.5) is 4.79 Å². The lowest BCUT2D eigenvalue weighted by Gasteiger charge is -2.10. The molecule has 0 saturated carbocycles. The number of hydrogen-bond donors (Lipinski definition) is 2. The van der Waals surface area contributed by atoms with Crippen molar-refractivity contribution < 1.29 is 14.3 Å². The highest BCUT2D eigenvalue weighted by Crippen LogP contribution is 2.02. The number of ether oxygens (including phenoxy) is 1. The summed E-state index contributed by atoms with van der Waals surface area (Å²) in [5.41, 5.74) is 0. The first kappa shape index (κ1) is 15.7. The Balaban J connectivity index is 3.44. The van der Waals surface area contributed by atoms with E-state index >= 15 is 0 Å². The Morgan fingerprint density at radius 3 is 2.41 bits per heavy atom. The molecule has 5 nitrogen and oxygen atoms in total. The minimum Gasteiger partial charge on any atom is -0.464 e. The SMILES string of the molecule is CCCCNC(=O)NCCOC(=O)C(C)CC. The minimum absolute atomic E-state index is 0.0756. The van der Waals surface area contributed by atoms with Gasteiger partial charge >= 0.3 is 12.0 Å². The molecule has 0 aliphatic carbocycles. The van der Waals surface area contributed by atoms with E-state index in [2.05, 4.69) is 17.6 Å². The predicted octanol–water partition coefficient (Wildman–Crippen LogP) is 1.67. The van der Waals surface area contributed by atoms with Crippen LogP contribution >= 0.6 is 0 Å². The first-order chi connectivity index (χ1) is 8.11. The van der Waals surface area contributed by atoms with Crippen molar-refractivity contribution in [2.75, 3.05) is 19.7 Å². The quantitative estimate of drug-likeness (QED) is 0.504. The van der Waals surface area contributed by atoms with Gasteiger partial charge in [-0.05, 0) is 12.8 Å². The Bertz CT molecular complexity index is 232. The molecule has 0 rings (SSSR count). The Hall–Kier alpha value is -1.26. The van der Waals surface area contributed by atoms with Crippen LogP contribution in [0.5, 0.6) is 0 Å². The maximum Gasteiger partial charge on any atom is 0.314 e. The van der Waals surface area contributed by atoms with E-state index in [1.54, 1.807) is 0 Å². The smallest absolute Gasteiger partial charge is 0.314 e. The van der Waals surface area contributed by atoms with Gasteiger partial charge in [-0.25, -0.2) is 4.79 Å². The van der Waals surface area contributed by atoms with E-state index in [-0.39, 0.29) is 24.5 Å². The second-order valence-corrected chi connectivity index (χ2v) is 4.01. The Morgan fingerprint density at radius 1 is 1.18 bits per heavy atom. The molecular formula is C12H24N2O3. The second kappa shape index (κ2) is 9.93. The van der Waals surface area contributed by atoms with Gasteiger partial charge in [0, 0.05) is 6.54 Å². The highest BCUT2D eigenvalue weighted by Gasteiger charge is 2.11. The van der Waals surface area contributed by atoms with Gasteiger partial charge in [0.2, 0.25) is 0 Å². The number of carbonyl (C=O) groups is 2. The van der Waals surface area contributed by atoms with Gasteiger partial charge in [-0.3, -0.25) is 4.79 Å². The summed E-state index contributed by atoms with van der Waals surface area (Å²) in [6, 6.07) is -0.210. The van der Waals surface area contributed by atoms with E-state index in [1.807, 2.05) is 13.8 Å². The molecular weight excluding hydrogens is 220 g/mol. The van der Waals surface area contributed by atoms with E-state index < -0.39 is 0 Å². The summed E-state index contributed by atoms with van der Waals surface area (Å²) in [5, 5.41) is 5.34. The highest BCUT2D eigenvalue weighted by molar-refractivity contribution is 5.74. The number of carbonyl (C=O) groups excluding carboxylic acids is 2. The van der Waals surface area contributed by atoms with E-state index in [0.29, 0.717) is 13.1 Å². The lowest BCUT2D eigenvalue weighted by molar-refractivity contribution is -0.147. The summed E-state index contributed by atoms with van der Waals surface area (Å²) in [7, 11) is 0. The molecule has 0 heterocycles. The molecule has 0 aromatic rings. The molecule has 0 bridgehead atoms. The zero-order valence-electron chi connectivity index (χ0n) is 11.0. The third kappa shape index (κ3) is 8.54. The maximum atomic E-state index is 11.3. The van der Waals surface area contributed by atoms with Crippen LogP contribution in [0.3, 0.4) is 0 Å². The molecule has 1 atom stereocenters. The predicted molar refractivity (Wildman–Crippen MR) is 66.7 cm³/mol. The zero-order valence-corrected chi connectivity index (χ0v) is 11.0. The van der Waals surface area contributed by atoms with Crippen LogP contribution in [0.15, 0.2) is 0 Å². The van der Waals surface area contributed by atoms with Gasteiger partial charge in [-0.1, -0.05) is 27.2 Å². The first-order valence-corrected chi connectivity index (χ1v) is 6.30. The average molecular weight is 244 g/mol. The lowest BCUT2D eigenvalue weighted by Crippen LogP contribution is -2.38. The normalized spacial score (nSPS) is 11.7. The topological polar surface area (TPSA) is 67.4 Å². The van der Waals surface area contributed by atoms with Gasteiger partial charge in [0.1, 0.15) is 6.61 Å². The maximum absolute atomic E-state index is 11.3. The van der Waals surface area contributed by atoms with Crippen LogP contribution in [-0.2, 0) is 9.53 Å². The summed E-state index contributed by atoms with van der Waals surface area (Å²) in [5.74, 6) is -0.283. The number of unbranched alkanes of at least 4 members (excludes halogenated alkanes) is 1. The Labute approximate surface area is 103 Å². The van der Waals surface area contributed by atoms with E-state index in [9.17, 15) is 9.59 Å². The van der Waals surface area contributed by atoms with Crippen molar-refractivity contribution in [2.24, 2.45) is 5.92 Å². The Kier molecular flexibility index (Phi) is 9.19. The standard InChI is InChI=1S/C12H24N2O3/c1-4-6-7-13-12(16)14-8-9-17-11(15)10(3)5-2/h10H,4-9H2,1-3H3,(H2,13,14,16). The van der Waals surface area contributed by atoms with Crippen LogP contribution in [0, 0.1) is 5.92 Å². The van der Waals surface area contributed by atoms with Gasteiger partial charge in [-0.2, -0.15) is 0 Å². The van der Waals surface area contributed by atoms with Crippen molar-refractivity contribution in [1.82, 2.24) is 10.6 Å². The summed E-state index contributed by atoms with van der Waals surface area (Å²) in [4.78, 5) is 22.5. The fraction of sp³-hybridized carbons (Fsp3) is 0.833. The molecule has 0 aromatic heterocycles. The zero-order chi connectivity index (χ0) is 13.1. The third-order valence-corrected chi connectivity index (χ3v) is 2.46. The highest BCUT2D eigenvalue weighted by atomic mass is 16.5. The fourth-order valence-electron chi connectivity index (χ4n) is 1.07. The van der Waals surface area contributed by atoms with Gasteiger partial charge in [0.25, 0.3) is 0 Å². The van der Waals surface area contributed by atoms with E-state index in [1.165, 1.54) is 0 Å². The van der Waals surface area contributed by atoms with Crippen LogP contribution < -0.4 is 10.6 Å². The molecule has 0 radical (unpaired) electrons. The van der Waals surface area contributed by atoms with Crippen LogP contribution in [0.25, 0.3) is 0 Å². The van der Waals surface area contributed by atoms with Crippen molar-refractivity contribution >= 4 is 12.0 Å². The summed E-state index contributed by atoms with van der Waals surface area (Å²) in [6.07, 6.45) is 2.78. The molecule has 0 spiro atoms. The molecule has 0 fully saturated rings. The largest absolute Gasteiger partial charge is 0.464 e. The van der Waals surface area contributed by atoms with Gasteiger partial charge in [0.15, 0.2) is 0 Å².